The zero-order valence-corrected chi connectivity index (χ0v) is 15.9. The van der Waals surface area contributed by atoms with Gasteiger partial charge in [0, 0.05) is 17.7 Å². The van der Waals surface area contributed by atoms with Gasteiger partial charge in [-0.25, -0.2) is 4.79 Å². The van der Waals surface area contributed by atoms with E-state index in [9.17, 15) is 14.9 Å². The molecule has 0 aliphatic carbocycles. The molecule has 3 rings (SSSR count). The summed E-state index contributed by atoms with van der Waals surface area (Å²) in [6.07, 6.45) is 0.130. The van der Waals surface area contributed by atoms with Gasteiger partial charge >= 0.3 is 5.97 Å². The van der Waals surface area contributed by atoms with E-state index >= 15 is 0 Å². The Morgan fingerprint density at radius 1 is 1.07 bits per heavy atom. The monoisotopic (exact) mass is 397 g/mol. The van der Waals surface area contributed by atoms with Crippen molar-refractivity contribution in [3.63, 3.8) is 0 Å². The molecule has 0 aliphatic rings. The summed E-state index contributed by atoms with van der Waals surface area (Å²) in [7, 11) is 0. The highest BCUT2D eigenvalue weighted by molar-refractivity contribution is 5.89. The van der Waals surface area contributed by atoms with Gasteiger partial charge in [-0.3, -0.25) is 10.1 Å². The van der Waals surface area contributed by atoms with Crippen LogP contribution in [-0.2, 0) is 22.7 Å². The van der Waals surface area contributed by atoms with E-state index in [0.29, 0.717) is 17.7 Å². The molecule has 0 amide bonds. The molecule has 29 heavy (non-hydrogen) atoms. The summed E-state index contributed by atoms with van der Waals surface area (Å²) in [5.74, 6) is -0.217. The summed E-state index contributed by atoms with van der Waals surface area (Å²) < 4.78 is 16.2. The molecule has 0 radical (unpaired) electrons. The molecule has 2 aromatic carbocycles. The highest BCUT2D eigenvalue weighted by Crippen LogP contribution is 2.21. The van der Waals surface area contributed by atoms with E-state index in [1.807, 2.05) is 13.8 Å². The van der Waals surface area contributed by atoms with Crippen LogP contribution in [0.2, 0.25) is 0 Å². The molecule has 150 valence electrons. The maximum Gasteiger partial charge on any atom is 0.338 e. The Kier molecular flexibility index (Phi) is 6.30. The lowest BCUT2D eigenvalue weighted by Crippen LogP contribution is -2.06. The third kappa shape index (κ3) is 5.45. The van der Waals surface area contributed by atoms with Crippen molar-refractivity contribution in [2.75, 3.05) is 0 Å². The minimum absolute atomic E-state index is 0.0378. The molecular formula is C20H19N3O6. The summed E-state index contributed by atoms with van der Waals surface area (Å²) in [6, 6.07) is 12.6. The molecule has 1 aromatic heterocycles. The molecule has 0 atom stereocenters. The van der Waals surface area contributed by atoms with Crippen molar-refractivity contribution >= 4 is 11.7 Å². The highest BCUT2D eigenvalue weighted by Gasteiger charge is 2.14. The van der Waals surface area contributed by atoms with Crippen molar-refractivity contribution in [3.05, 3.63) is 75.7 Å². The van der Waals surface area contributed by atoms with Crippen molar-refractivity contribution in [1.82, 2.24) is 10.2 Å². The number of rotatable bonds is 8. The van der Waals surface area contributed by atoms with E-state index in [1.54, 1.807) is 24.3 Å². The molecule has 0 saturated carbocycles. The Hall–Kier alpha value is -3.59. The third-order valence-corrected chi connectivity index (χ3v) is 3.89. The molecule has 0 spiro atoms. The van der Waals surface area contributed by atoms with Crippen LogP contribution in [-0.4, -0.2) is 27.2 Å². The number of non-ortho nitro benzene ring substituents is 1. The second-order valence-corrected chi connectivity index (χ2v) is 6.44. The van der Waals surface area contributed by atoms with Crippen LogP contribution >= 0.6 is 0 Å². The first-order chi connectivity index (χ1) is 13.9. The first kappa shape index (κ1) is 20.2. The van der Waals surface area contributed by atoms with Gasteiger partial charge in [0.1, 0.15) is 0 Å². The first-order valence-corrected chi connectivity index (χ1v) is 8.87. The third-order valence-electron chi connectivity index (χ3n) is 3.89. The topological polar surface area (TPSA) is 118 Å². The lowest BCUT2D eigenvalue weighted by Gasteiger charge is -2.08. The number of carbonyl (C=O) groups is 1. The normalized spacial score (nSPS) is 10.9. The van der Waals surface area contributed by atoms with Gasteiger partial charge in [0.05, 0.1) is 23.2 Å². The van der Waals surface area contributed by atoms with Gasteiger partial charge in [-0.2, -0.15) is 0 Å². The van der Waals surface area contributed by atoms with Crippen LogP contribution in [0.4, 0.5) is 5.69 Å². The quantitative estimate of drug-likeness (QED) is 0.319. The molecule has 0 aliphatic heterocycles. The molecule has 0 saturated heterocycles. The maximum atomic E-state index is 12.2. The van der Waals surface area contributed by atoms with Crippen LogP contribution in [0.25, 0.3) is 11.5 Å². The zero-order chi connectivity index (χ0) is 20.8. The van der Waals surface area contributed by atoms with E-state index < -0.39 is 10.9 Å². The fourth-order valence-electron chi connectivity index (χ4n) is 2.36. The number of esters is 1. The number of carbonyl (C=O) groups excluding carboxylic acids is 1. The molecule has 0 fully saturated rings. The number of nitro groups is 1. The van der Waals surface area contributed by atoms with Crippen molar-refractivity contribution in [1.29, 1.82) is 0 Å². The number of nitro benzene ring substituents is 1. The Morgan fingerprint density at radius 2 is 1.76 bits per heavy atom. The van der Waals surface area contributed by atoms with E-state index in [0.717, 1.165) is 5.56 Å². The average Bonchev–Trinajstić information content (AvgIpc) is 3.20. The molecule has 9 heteroatoms. The summed E-state index contributed by atoms with van der Waals surface area (Å²) in [5, 5.41) is 18.4. The number of benzene rings is 2. The Balaban J connectivity index is 1.56. The van der Waals surface area contributed by atoms with Gasteiger partial charge in [0.15, 0.2) is 6.61 Å². The van der Waals surface area contributed by atoms with Crippen molar-refractivity contribution < 1.29 is 23.6 Å². The Morgan fingerprint density at radius 3 is 2.38 bits per heavy atom. The van der Waals surface area contributed by atoms with Crippen molar-refractivity contribution in [3.8, 4) is 11.5 Å². The average molecular weight is 397 g/mol. The number of hydrogen-bond donors (Lipinski definition) is 0. The minimum Gasteiger partial charge on any atom is -0.452 e. The van der Waals surface area contributed by atoms with Crippen molar-refractivity contribution in [2.45, 2.75) is 33.2 Å². The van der Waals surface area contributed by atoms with Crippen LogP contribution in [0.1, 0.15) is 35.7 Å². The molecule has 9 nitrogen and oxygen atoms in total. The van der Waals surface area contributed by atoms with E-state index in [-0.39, 0.29) is 30.2 Å². The molecule has 0 bridgehead atoms. The number of aromatic nitrogens is 2. The summed E-state index contributed by atoms with van der Waals surface area (Å²) in [6.45, 7) is 4.20. The van der Waals surface area contributed by atoms with Crippen LogP contribution < -0.4 is 0 Å². The Bertz CT molecular complexity index is 980. The van der Waals surface area contributed by atoms with Crippen LogP contribution in [0.3, 0.4) is 0 Å². The molecular weight excluding hydrogens is 378 g/mol. The Labute approximate surface area is 166 Å². The lowest BCUT2D eigenvalue weighted by molar-refractivity contribution is -0.384. The summed E-state index contributed by atoms with van der Waals surface area (Å²) in [5.41, 5.74) is 1.84. The molecule has 1 heterocycles. The lowest BCUT2D eigenvalue weighted by atomic mass is 10.1. The second kappa shape index (κ2) is 9.07. The summed E-state index contributed by atoms with van der Waals surface area (Å²) in [4.78, 5) is 22.4. The standard InChI is InChI=1S/C20H19N3O6/c1-13(2)27-11-14-3-5-16(6-4-14)20(24)28-12-18-21-22-19(29-18)15-7-9-17(10-8-15)23(25)26/h3-10,13H,11-12H2,1-2H3. The first-order valence-electron chi connectivity index (χ1n) is 8.87. The van der Waals surface area contributed by atoms with Gasteiger partial charge in [-0.1, -0.05) is 12.1 Å². The van der Waals surface area contributed by atoms with E-state index in [4.69, 9.17) is 13.9 Å². The molecule has 0 unspecified atom stereocenters. The fraction of sp³-hybridized carbons (Fsp3) is 0.250. The van der Waals surface area contributed by atoms with Gasteiger partial charge in [0.2, 0.25) is 5.89 Å². The largest absolute Gasteiger partial charge is 0.452 e. The van der Waals surface area contributed by atoms with Crippen molar-refractivity contribution in [2.24, 2.45) is 0 Å². The molecule has 0 N–H and O–H groups in total. The van der Waals surface area contributed by atoms with Gasteiger partial charge < -0.3 is 13.9 Å². The van der Waals surface area contributed by atoms with Gasteiger partial charge in [-0.15, -0.1) is 10.2 Å². The van der Waals surface area contributed by atoms with Gasteiger partial charge in [-0.05, 0) is 43.7 Å². The van der Waals surface area contributed by atoms with Crippen LogP contribution in [0.5, 0.6) is 0 Å². The molecule has 3 aromatic rings. The number of hydrogen-bond acceptors (Lipinski definition) is 8. The summed E-state index contributed by atoms with van der Waals surface area (Å²) >= 11 is 0. The van der Waals surface area contributed by atoms with E-state index in [2.05, 4.69) is 10.2 Å². The smallest absolute Gasteiger partial charge is 0.338 e. The predicted molar refractivity (Wildman–Crippen MR) is 102 cm³/mol. The minimum atomic E-state index is -0.517. The SMILES string of the molecule is CC(C)OCc1ccc(C(=O)OCc2nnc(-c3ccc([N+](=O)[O-])cc3)o2)cc1. The fourth-order valence-corrected chi connectivity index (χ4v) is 2.36. The zero-order valence-electron chi connectivity index (χ0n) is 15.9. The van der Waals surface area contributed by atoms with Crippen LogP contribution in [0.15, 0.2) is 52.9 Å². The van der Waals surface area contributed by atoms with E-state index in [1.165, 1.54) is 24.3 Å². The maximum absolute atomic E-state index is 12.2. The number of nitrogens with zero attached hydrogens (tertiary/aromatic N) is 3. The predicted octanol–water partition coefficient (Wildman–Crippen LogP) is 3.93. The van der Waals surface area contributed by atoms with Gasteiger partial charge in [0.25, 0.3) is 11.6 Å². The highest BCUT2D eigenvalue weighted by atomic mass is 16.6. The second-order valence-electron chi connectivity index (χ2n) is 6.44. The number of ether oxygens (including phenoxy) is 2. The van der Waals surface area contributed by atoms with Crippen LogP contribution in [0, 0.1) is 10.1 Å².